The molecular formula is C12H20N2OS. The summed E-state index contributed by atoms with van der Waals surface area (Å²) in [7, 11) is 0. The second-order valence-corrected chi connectivity index (χ2v) is 6.15. The Bertz CT molecular complexity index is 363. The fraction of sp³-hybridized carbons (Fsp3) is 0.667. The molecule has 0 fully saturated rings. The van der Waals surface area contributed by atoms with Gasteiger partial charge in [-0.05, 0) is 0 Å². The van der Waals surface area contributed by atoms with Gasteiger partial charge in [0.05, 0.1) is 17.2 Å². The van der Waals surface area contributed by atoms with E-state index in [1.807, 2.05) is 26.2 Å². The quantitative estimate of drug-likeness (QED) is 0.882. The summed E-state index contributed by atoms with van der Waals surface area (Å²) in [5.41, 5.74) is 0.614. The lowest BCUT2D eigenvalue weighted by atomic mass is 9.96. The number of aromatic nitrogens is 1. The molecule has 0 atom stereocenters. The zero-order valence-corrected chi connectivity index (χ0v) is 11.4. The Hall–Kier alpha value is -0.900. The monoisotopic (exact) mass is 240 g/mol. The molecule has 0 bridgehead atoms. The predicted molar refractivity (Wildman–Crippen MR) is 67.5 cm³/mol. The predicted octanol–water partition coefficient (Wildman–Crippen LogP) is 2.93. The van der Waals surface area contributed by atoms with E-state index < -0.39 is 0 Å². The molecule has 0 aliphatic rings. The largest absolute Gasteiger partial charge is 0.350 e. The fourth-order valence-electron chi connectivity index (χ4n) is 1.11. The molecule has 0 radical (unpaired) electrons. The third-order valence-corrected chi connectivity index (χ3v) is 3.37. The number of hydrogen-bond acceptors (Lipinski definition) is 3. The van der Waals surface area contributed by atoms with Gasteiger partial charge >= 0.3 is 0 Å². The lowest BCUT2D eigenvalue weighted by molar-refractivity contribution is -0.128. The lowest BCUT2D eigenvalue weighted by Gasteiger charge is -2.16. The van der Waals surface area contributed by atoms with Crippen molar-refractivity contribution in [3.8, 4) is 0 Å². The first-order valence-electron chi connectivity index (χ1n) is 5.53. The van der Waals surface area contributed by atoms with E-state index in [4.69, 9.17) is 0 Å². The lowest BCUT2D eigenvalue weighted by Crippen LogP contribution is -2.34. The van der Waals surface area contributed by atoms with Gasteiger partial charge in [-0.25, -0.2) is 4.98 Å². The Kier molecular flexibility index (Phi) is 4.08. The molecule has 0 aliphatic heterocycles. The van der Waals surface area contributed by atoms with Crippen LogP contribution in [0.3, 0.4) is 0 Å². The molecule has 0 aliphatic carbocycles. The van der Waals surface area contributed by atoms with Crippen LogP contribution >= 0.6 is 11.3 Å². The van der Waals surface area contributed by atoms with E-state index in [0.29, 0.717) is 12.5 Å². The first kappa shape index (κ1) is 13.2. The molecule has 1 N–H and O–H groups in total. The minimum atomic E-state index is -0.336. The van der Waals surface area contributed by atoms with Crippen molar-refractivity contribution in [2.75, 3.05) is 0 Å². The summed E-state index contributed by atoms with van der Waals surface area (Å²) >= 11 is 1.65. The van der Waals surface area contributed by atoms with Gasteiger partial charge in [-0.3, -0.25) is 4.79 Å². The molecule has 1 rings (SSSR count). The number of nitrogens with one attached hydrogen (secondary N) is 1. The van der Waals surface area contributed by atoms with E-state index in [0.717, 1.165) is 10.7 Å². The first-order chi connectivity index (χ1) is 7.30. The van der Waals surface area contributed by atoms with E-state index in [1.165, 1.54) is 0 Å². The van der Waals surface area contributed by atoms with E-state index in [-0.39, 0.29) is 11.3 Å². The van der Waals surface area contributed by atoms with Crippen LogP contribution in [0.5, 0.6) is 0 Å². The summed E-state index contributed by atoms with van der Waals surface area (Å²) in [6, 6.07) is 0. The van der Waals surface area contributed by atoms with Crippen molar-refractivity contribution in [3.05, 3.63) is 16.1 Å². The van der Waals surface area contributed by atoms with Crippen molar-refractivity contribution >= 4 is 17.2 Å². The molecule has 1 amide bonds. The minimum absolute atomic E-state index is 0.0617. The van der Waals surface area contributed by atoms with Gasteiger partial charge in [0, 0.05) is 16.7 Å². The first-order valence-corrected chi connectivity index (χ1v) is 6.41. The molecular weight excluding hydrogens is 220 g/mol. The molecule has 90 valence electrons. The van der Waals surface area contributed by atoms with Gasteiger partial charge in [0.25, 0.3) is 0 Å². The van der Waals surface area contributed by atoms with Crippen LogP contribution in [-0.2, 0) is 11.3 Å². The van der Waals surface area contributed by atoms with E-state index in [2.05, 4.69) is 24.1 Å². The van der Waals surface area contributed by atoms with Gasteiger partial charge in [0.2, 0.25) is 5.91 Å². The smallest absolute Gasteiger partial charge is 0.225 e. The maximum Gasteiger partial charge on any atom is 0.225 e. The summed E-state index contributed by atoms with van der Waals surface area (Å²) in [5.74, 6) is 0.517. The van der Waals surface area contributed by atoms with Gasteiger partial charge < -0.3 is 5.32 Å². The highest BCUT2D eigenvalue weighted by Crippen LogP contribution is 2.19. The summed E-state index contributed by atoms with van der Waals surface area (Å²) in [6.45, 7) is 10.5. The van der Waals surface area contributed by atoms with Crippen LogP contribution < -0.4 is 5.32 Å². The van der Waals surface area contributed by atoms with E-state index in [1.54, 1.807) is 11.3 Å². The van der Waals surface area contributed by atoms with Crippen LogP contribution in [0.4, 0.5) is 0 Å². The molecule has 0 aromatic carbocycles. The van der Waals surface area contributed by atoms with Crippen molar-refractivity contribution in [2.24, 2.45) is 5.41 Å². The van der Waals surface area contributed by atoms with Crippen LogP contribution in [0.25, 0.3) is 0 Å². The molecule has 4 heteroatoms. The van der Waals surface area contributed by atoms with Gasteiger partial charge in [-0.15, -0.1) is 11.3 Å². The number of rotatable bonds is 3. The van der Waals surface area contributed by atoms with Crippen LogP contribution in [0, 0.1) is 5.41 Å². The molecule has 16 heavy (non-hydrogen) atoms. The van der Waals surface area contributed by atoms with E-state index in [9.17, 15) is 4.79 Å². The normalized spacial score (nSPS) is 11.9. The third-order valence-electron chi connectivity index (χ3n) is 2.17. The van der Waals surface area contributed by atoms with E-state index >= 15 is 0 Å². The minimum Gasteiger partial charge on any atom is -0.350 e. The van der Waals surface area contributed by atoms with Crippen molar-refractivity contribution in [3.63, 3.8) is 0 Å². The second kappa shape index (κ2) is 4.95. The van der Waals surface area contributed by atoms with Gasteiger partial charge in [0.1, 0.15) is 0 Å². The topological polar surface area (TPSA) is 42.0 Å². The third kappa shape index (κ3) is 3.59. The Morgan fingerprint density at radius 3 is 2.56 bits per heavy atom. The van der Waals surface area contributed by atoms with Crippen molar-refractivity contribution < 1.29 is 4.79 Å². The second-order valence-electron chi connectivity index (χ2n) is 5.26. The Labute approximate surface area is 101 Å². The Morgan fingerprint density at radius 1 is 1.50 bits per heavy atom. The standard InChI is InChI=1S/C12H20N2OS/c1-8(2)10-14-9(7-16-10)6-13-11(15)12(3,4)5/h7-8H,6H2,1-5H3,(H,13,15). The summed E-state index contributed by atoms with van der Waals surface area (Å²) < 4.78 is 0. The molecule has 0 saturated carbocycles. The highest BCUT2D eigenvalue weighted by atomic mass is 32.1. The number of amides is 1. The van der Waals surface area contributed by atoms with Gasteiger partial charge in [-0.1, -0.05) is 34.6 Å². The Balaban J connectivity index is 2.52. The average Bonchev–Trinajstić information content (AvgIpc) is 2.60. The zero-order chi connectivity index (χ0) is 12.3. The highest BCUT2D eigenvalue weighted by Gasteiger charge is 2.20. The number of carbonyl (C=O) groups is 1. The van der Waals surface area contributed by atoms with Crippen LogP contribution in [-0.4, -0.2) is 10.9 Å². The molecule has 1 aromatic rings. The van der Waals surface area contributed by atoms with Crippen molar-refractivity contribution in [2.45, 2.75) is 47.1 Å². The maximum absolute atomic E-state index is 11.6. The number of nitrogens with zero attached hydrogens (tertiary/aromatic N) is 1. The van der Waals surface area contributed by atoms with Crippen LogP contribution in [0.2, 0.25) is 0 Å². The zero-order valence-electron chi connectivity index (χ0n) is 10.6. The van der Waals surface area contributed by atoms with Gasteiger partial charge in [0.15, 0.2) is 0 Å². The molecule has 1 heterocycles. The SMILES string of the molecule is CC(C)c1nc(CNC(=O)C(C)(C)C)cs1. The molecule has 0 unspecified atom stereocenters. The molecule has 3 nitrogen and oxygen atoms in total. The Morgan fingerprint density at radius 2 is 2.12 bits per heavy atom. The highest BCUT2D eigenvalue weighted by molar-refractivity contribution is 7.09. The van der Waals surface area contributed by atoms with Crippen molar-refractivity contribution in [1.29, 1.82) is 0 Å². The number of carbonyl (C=O) groups excluding carboxylic acids is 1. The molecule has 0 saturated heterocycles. The summed E-state index contributed by atoms with van der Waals surface area (Å²) in [6.07, 6.45) is 0. The molecule has 0 spiro atoms. The summed E-state index contributed by atoms with van der Waals surface area (Å²) in [4.78, 5) is 16.1. The van der Waals surface area contributed by atoms with Crippen LogP contribution in [0.15, 0.2) is 5.38 Å². The average molecular weight is 240 g/mol. The van der Waals surface area contributed by atoms with Crippen LogP contribution in [0.1, 0.15) is 51.2 Å². The summed E-state index contributed by atoms with van der Waals surface area (Å²) in [5, 5.41) is 6.03. The number of thiazole rings is 1. The van der Waals surface area contributed by atoms with Gasteiger partial charge in [-0.2, -0.15) is 0 Å². The fourth-order valence-corrected chi connectivity index (χ4v) is 1.94. The molecule has 1 aromatic heterocycles. The maximum atomic E-state index is 11.6. The van der Waals surface area contributed by atoms with Crippen molar-refractivity contribution in [1.82, 2.24) is 10.3 Å². The number of hydrogen-bond donors (Lipinski definition) is 1.